The van der Waals surface area contributed by atoms with Crippen LogP contribution in [0.5, 0.6) is 0 Å². The zero-order valence-electron chi connectivity index (χ0n) is 15.2. The fourth-order valence-electron chi connectivity index (χ4n) is 7.21. The van der Waals surface area contributed by atoms with Gasteiger partial charge >= 0.3 is 5.97 Å². The van der Waals surface area contributed by atoms with Gasteiger partial charge in [-0.05, 0) is 87.4 Å². The molecule has 23 heavy (non-hydrogen) atoms. The Morgan fingerprint density at radius 3 is 2.30 bits per heavy atom. The van der Waals surface area contributed by atoms with Gasteiger partial charge in [-0.3, -0.25) is 4.79 Å². The highest BCUT2D eigenvalue weighted by molar-refractivity contribution is 5.74. The zero-order chi connectivity index (χ0) is 16.2. The van der Waals surface area contributed by atoms with Gasteiger partial charge in [-0.15, -0.1) is 0 Å². The molecule has 2 bridgehead atoms. The van der Waals surface area contributed by atoms with E-state index in [1.54, 1.807) is 0 Å². The van der Waals surface area contributed by atoms with Crippen molar-refractivity contribution in [1.82, 2.24) is 0 Å². The monoisotopic (exact) mass is 318 g/mol. The molecule has 7 atom stereocenters. The van der Waals surface area contributed by atoms with Gasteiger partial charge in [0.25, 0.3) is 0 Å². The van der Waals surface area contributed by atoms with Crippen LogP contribution in [0.25, 0.3) is 0 Å². The summed E-state index contributed by atoms with van der Waals surface area (Å²) in [5.74, 6) is 5.42. The molecule has 2 nitrogen and oxygen atoms in total. The van der Waals surface area contributed by atoms with Crippen LogP contribution in [-0.4, -0.2) is 11.6 Å². The first-order chi connectivity index (χ1) is 11.1. The minimum Gasteiger partial charge on any atom is -0.459 e. The van der Waals surface area contributed by atoms with E-state index in [-0.39, 0.29) is 17.5 Å². The maximum absolute atomic E-state index is 12.9. The fraction of sp³-hybridized carbons (Fsp3) is 0.952. The van der Waals surface area contributed by atoms with E-state index in [2.05, 4.69) is 20.8 Å². The van der Waals surface area contributed by atoms with Gasteiger partial charge in [0.05, 0.1) is 5.92 Å². The summed E-state index contributed by atoms with van der Waals surface area (Å²) in [6, 6.07) is 0. The van der Waals surface area contributed by atoms with Crippen LogP contribution in [0.2, 0.25) is 0 Å². The largest absolute Gasteiger partial charge is 0.459 e. The Morgan fingerprint density at radius 2 is 1.65 bits per heavy atom. The Kier molecular flexibility index (Phi) is 4.01. The van der Waals surface area contributed by atoms with Gasteiger partial charge in [-0.25, -0.2) is 0 Å². The molecule has 0 aliphatic heterocycles. The average molecular weight is 319 g/mol. The van der Waals surface area contributed by atoms with Crippen molar-refractivity contribution in [2.45, 2.75) is 84.2 Å². The van der Waals surface area contributed by atoms with Crippen molar-refractivity contribution in [3.05, 3.63) is 0 Å². The number of hydrogen-bond donors (Lipinski definition) is 0. The number of esters is 1. The molecule has 0 spiro atoms. The first kappa shape index (κ1) is 16.0. The summed E-state index contributed by atoms with van der Waals surface area (Å²) in [5, 5.41) is 0. The maximum atomic E-state index is 12.9. The van der Waals surface area contributed by atoms with Gasteiger partial charge < -0.3 is 4.74 Å². The third kappa shape index (κ3) is 2.46. The van der Waals surface area contributed by atoms with Crippen molar-refractivity contribution >= 4 is 5.97 Å². The third-order valence-electron chi connectivity index (χ3n) is 8.19. The zero-order valence-corrected chi connectivity index (χ0v) is 15.2. The quantitative estimate of drug-likeness (QED) is 0.665. The molecule has 4 fully saturated rings. The van der Waals surface area contributed by atoms with Crippen molar-refractivity contribution < 1.29 is 9.53 Å². The molecule has 0 saturated heterocycles. The molecule has 2 heteroatoms. The molecule has 0 aromatic carbocycles. The van der Waals surface area contributed by atoms with Gasteiger partial charge in [-0.2, -0.15) is 0 Å². The van der Waals surface area contributed by atoms with E-state index >= 15 is 0 Å². The maximum Gasteiger partial charge on any atom is 0.309 e. The molecule has 0 aromatic rings. The molecular weight excluding hydrogens is 284 g/mol. The minimum absolute atomic E-state index is 0.149. The standard InChI is InChI=1S/C21H34O2/c1-4-13-10-14(5-2)19-16-11-15(18(13)19)12-17(16)20(22)23-21(3)8-6-7-9-21/h13-19H,4-12H2,1-3H3/t13-,14+,15-,16+,17?,18-,19+/m1/s1. The Balaban J connectivity index is 1.48. The Morgan fingerprint density at radius 1 is 1.00 bits per heavy atom. The molecule has 0 N–H and O–H groups in total. The van der Waals surface area contributed by atoms with Crippen molar-refractivity contribution in [2.75, 3.05) is 0 Å². The highest BCUT2D eigenvalue weighted by Gasteiger charge is 2.61. The molecular formula is C21H34O2. The van der Waals surface area contributed by atoms with Crippen LogP contribution in [0.3, 0.4) is 0 Å². The number of fused-ring (bicyclic) bond motifs is 5. The van der Waals surface area contributed by atoms with Crippen molar-refractivity contribution in [2.24, 2.45) is 41.4 Å². The number of rotatable bonds is 4. The predicted octanol–water partition coefficient (Wildman–Crippen LogP) is 5.21. The minimum atomic E-state index is -0.149. The summed E-state index contributed by atoms with van der Waals surface area (Å²) in [5.41, 5.74) is -0.149. The second kappa shape index (κ2) is 5.77. The summed E-state index contributed by atoms with van der Waals surface area (Å²) in [6.45, 7) is 6.89. The third-order valence-corrected chi connectivity index (χ3v) is 8.19. The molecule has 4 aliphatic rings. The summed E-state index contributed by atoms with van der Waals surface area (Å²) in [6.07, 6.45) is 11.1. The van der Waals surface area contributed by atoms with Crippen molar-refractivity contribution in [1.29, 1.82) is 0 Å². The van der Waals surface area contributed by atoms with Crippen LogP contribution in [0.4, 0.5) is 0 Å². The van der Waals surface area contributed by atoms with Gasteiger partial charge in [0.1, 0.15) is 5.60 Å². The molecule has 0 aromatic heterocycles. The topological polar surface area (TPSA) is 26.3 Å². The molecule has 4 aliphatic carbocycles. The van der Waals surface area contributed by atoms with Crippen LogP contribution in [0, 0.1) is 41.4 Å². The van der Waals surface area contributed by atoms with Gasteiger partial charge in [-0.1, -0.05) is 26.7 Å². The van der Waals surface area contributed by atoms with E-state index in [0.29, 0.717) is 5.92 Å². The summed E-state index contributed by atoms with van der Waals surface area (Å²) in [7, 11) is 0. The number of carbonyl (C=O) groups excluding carboxylic acids is 1. The number of ether oxygens (including phenoxy) is 1. The van der Waals surface area contributed by atoms with E-state index in [0.717, 1.165) is 48.9 Å². The molecule has 1 unspecified atom stereocenters. The summed E-state index contributed by atoms with van der Waals surface area (Å²) < 4.78 is 6.07. The lowest BCUT2D eigenvalue weighted by Gasteiger charge is -2.36. The Hall–Kier alpha value is -0.530. The van der Waals surface area contributed by atoms with E-state index < -0.39 is 0 Å². The van der Waals surface area contributed by atoms with Crippen LogP contribution in [0.1, 0.15) is 78.6 Å². The van der Waals surface area contributed by atoms with Crippen LogP contribution in [-0.2, 0) is 9.53 Å². The van der Waals surface area contributed by atoms with Gasteiger partial charge in [0.15, 0.2) is 0 Å². The van der Waals surface area contributed by atoms with Gasteiger partial charge in [0.2, 0.25) is 0 Å². The van der Waals surface area contributed by atoms with E-state index in [1.165, 1.54) is 38.5 Å². The first-order valence-corrected chi connectivity index (χ1v) is 10.3. The fourth-order valence-corrected chi connectivity index (χ4v) is 7.21. The number of carbonyl (C=O) groups is 1. The van der Waals surface area contributed by atoms with Crippen molar-refractivity contribution in [3.8, 4) is 0 Å². The molecule has 130 valence electrons. The normalized spacial score (nSPS) is 47.0. The molecule has 0 radical (unpaired) electrons. The Labute approximate surface area is 141 Å². The lowest BCUT2D eigenvalue weighted by Crippen LogP contribution is -2.38. The SMILES string of the molecule is CC[C@@H]1C[C@H](CC)[C@@H]2[C@H]1[C@H]1CC(C(=O)OC3(C)CCCC3)[C@@H]2C1. The second-order valence-corrected chi connectivity index (χ2v) is 9.31. The van der Waals surface area contributed by atoms with E-state index in [1.807, 2.05) is 0 Å². The first-order valence-electron chi connectivity index (χ1n) is 10.3. The second-order valence-electron chi connectivity index (χ2n) is 9.31. The molecule has 0 amide bonds. The predicted molar refractivity (Wildman–Crippen MR) is 91.8 cm³/mol. The number of hydrogen-bond acceptors (Lipinski definition) is 2. The molecule has 4 rings (SSSR count). The molecule has 4 saturated carbocycles. The summed E-state index contributed by atoms with van der Waals surface area (Å²) >= 11 is 0. The lowest BCUT2D eigenvalue weighted by molar-refractivity contribution is -0.166. The Bertz CT molecular complexity index is 464. The smallest absolute Gasteiger partial charge is 0.309 e. The van der Waals surface area contributed by atoms with Crippen LogP contribution < -0.4 is 0 Å². The van der Waals surface area contributed by atoms with Crippen LogP contribution >= 0.6 is 0 Å². The van der Waals surface area contributed by atoms with Crippen LogP contribution in [0.15, 0.2) is 0 Å². The van der Waals surface area contributed by atoms with E-state index in [4.69, 9.17) is 4.74 Å². The summed E-state index contributed by atoms with van der Waals surface area (Å²) in [4.78, 5) is 12.9. The average Bonchev–Trinajstić information content (AvgIpc) is 3.27. The molecule has 0 heterocycles. The highest BCUT2D eigenvalue weighted by Crippen LogP contribution is 2.65. The lowest BCUT2D eigenvalue weighted by atomic mass is 9.70. The van der Waals surface area contributed by atoms with Gasteiger partial charge in [0, 0.05) is 0 Å². The highest BCUT2D eigenvalue weighted by atomic mass is 16.6. The van der Waals surface area contributed by atoms with Crippen molar-refractivity contribution in [3.63, 3.8) is 0 Å². The van der Waals surface area contributed by atoms with E-state index in [9.17, 15) is 4.79 Å².